The molecule has 0 aliphatic heterocycles. The van der Waals surface area contributed by atoms with Gasteiger partial charge in [0.05, 0.1) is 0 Å². The van der Waals surface area contributed by atoms with Crippen LogP contribution in [0, 0.1) is 19.8 Å². The van der Waals surface area contributed by atoms with Gasteiger partial charge in [-0.1, -0.05) is 32.0 Å². The first-order chi connectivity index (χ1) is 8.11. The molecule has 0 aliphatic carbocycles. The van der Waals surface area contributed by atoms with Crippen LogP contribution in [0.2, 0.25) is 0 Å². The van der Waals surface area contributed by atoms with Gasteiger partial charge in [0.1, 0.15) is 0 Å². The van der Waals surface area contributed by atoms with Crippen molar-refractivity contribution in [3.63, 3.8) is 0 Å². The molecule has 0 saturated carbocycles. The van der Waals surface area contributed by atoms with E-state index in [1.807, 2.05) is 0 Å². The van der Waals surface area contributed by atoms with Crippen LogP contribution in [0.1, 0.15) is 30.5 Å². The topological polar surface area (TPSA) is 24.1 Å². The Morgan fingerprint density at radius 3 is 2.18 bits per heavy atom. The maximum absolute atomic E-state index is 3.49. The summed E-state index contributed by atoms with van der Waals surface area (Å²) >= 11 is 0. The monoisotopic (exact) mass is 234 g/mol. The van der Waals surface area contributed by atoms with E-state index < -0.39 is 0 Å². The Morgan fingerprint density at radius 1 is 1.00 bits per heavy atom. The molecule has 2 heteroatoms. The van der Waals surface area contributed by atoms with Crippen LogP contribution in [-0.4, -0.2) is 19.6 Å². The average molecular weight is 234 g/mol. The molecule has 0 saturated heterocycles. The molecule has 1 aromatic rings. The molecule has 2 N–H and O–H groups in total. The molecule has 2 nitrogen and oxygen atoms in total. The zero-order valence-electron chi connectivity index (χ0n) is 11.6. The van der Waals surface area contributed by atoms with E-state index in [4.69, 9.17) is 0 Å². The molecule has 1 aromatic carbocycles. The third-order valence-corrected chi connectivity index (χ3v) is 2.98. The summed E-state index contributed by atoms with van der Waals surface area (Å²) in [5.41, 5.74) is 4.21. The first-order valence-electron chi connectivity index (χ1n) is 6.57. The lowest BCUT2D eigenvalue weighted by Crippen LogP contribution is -2.29. The van der Waals surface area contributed by atoms with Crippen molar-refractivity contribution in [3.05, 3.63) is 34.9 Å². The number of hydrogen-bond donors (Lipinski definition) is 2. The summed E-state index contributed by atoms with van der Waals surface area (Å²) in [4.78, 5) is 0. The highest BCUT2D eigenvalue weighted by Crippen LogP contribution is 2.12. The highest BCUT2D eigenvalue weighted by atomic mass is 14.9. The predicted molar refractivity (Wildman–Crippen MR) is 75.3 cm³/mol. The summed E-state index contributed by atoms with van der Waals surface area (Å²) in [6.45, 7) is 13.0. The number of nitrogens with one attached hydrogen (secondary N) is 2. The summed E-state index contributed by atoms with van der Waals surface area (Å²) in [5.74, 6) is 0.730. The van der Waals surface area contributed by atoms with Gasteiger partial charge in [0, 0.05) is 19.6 Å². The Morgan fingerprint density at radius 2 is 1.59 bits per heavy atom. The minimum absolute atomic E-state index is 0.730. The Bertz CT molecular complexity index is 311. The van der Waals surface area contributed by atoms with Gasteiger partial charge in [0.15, 0.2) is 0 Å². The number of rotatable bonds is 7. The Kier molecular flexibility index (Phi) is 6.23. The van der Waals surface area contributed by atoms with Gasteiger partial charge in [-0.05, 0) is 43.0 Å². The van der Waals surface area contributed by atoms with E-state index in [1.54, 1.807) is 0 Å². The molecule has 17 heavy (non-hydrogen) atoms. The molecule has 0 atom stereocenters. The van der Waals surface area contributed by atoms with Gasteiger partial charge in [-0.2, -0.15) is 0 Å². The van der Waals surface area contributed by atoms with Crippen molar-refractivity contribution in [2.45, 2.75) is 34.2 Å². The SMILES string of the molecule is Cc1cccc(C)c1CNCCNCC(C)C. The van der Waals surface area contributed by atoms with Crippen LogP contribution in [0.3, 0.4) is 0 Å². The highest BCUT2D eigenvalue weighted by molar-refractivity contribution is 5.33. The van der Waals surface area contributed by atoms with Gasteiger partial charge in [-0.3, -0.25) is 0 Å². The standard InChI is InChI=1S/C15H26N2/c1-12(2)10-16-8-9-17-11-15-13(3)6-5-7-14(15)4/h5-7,12,16-17H,8-11H2,1-4H3. The van der Waals surface area contributed by atoms with E-state index in [9.17, 15) is 0 Å². The maximum atomic E-state index is 3.49. The zero-order chi connectivity index (χ0) is 12.7. The molecule has 0 heterocycles. The Balaban J connectivity index is 2.22. The van der Waals surface area contributed by atoms with Gasteiger partial charge in [-0.25, -0.2) is 0 Å². The summed E-state index contributed by atoms with van der Waals surface area (Å²) in [7, 11) is 0. The van der Waals surface area contributed by atoms with E-state index in [-0.39, 0.29) is 0 Å². The summed E-state index contributed by atoms with van der Waals surface area (Å²) in [5, 5.41) is 6.93. The predicted octanol–water partition coefficient (Wildman–Crippen LogP) is 2.64. The second-order valence-electron chi connectivity index (χ2n) is 5.15. The van der Waals surface area contributed by atoms with Gasteiger partial charge in [0.2, 0.25) is 0 Å². The third kappa shape index (κ3) is 5.33. The van der Waals surface area contributed by atoms with Crippen molar-refractivity contribution in [2.24, 2.45) is 5.92 Å². The minimum Gasteiger partial charge on any atom is -0.315 e. The fourth-order valence-corrected chi connectivity index (χ4v) is 1.91. The van der Waals surface area contributed by atoms with Crippen LogP contribution in [0.5, 0.6) is 0 Å². The van der Waals surface area contributed by atoms with Crippen LogP contribution in [0.15, 0.2) is 18.2 Å². The average Bonchev–Trinajstić information content (AvgIpc) is 2.26. The van der Waals surface area contributed by atoms with Crippen molar-refractivity contribution in [3.8, 4) is 0 Å². The molecule has 0 spiro atoms. The molecule has 0 fully saturated rings. The van der Waals surface area contributed by atoms with E-state index in [1.165, 1.54) is 16.7 Å². The van der Waals surface area contributed by atoms with E-state index in [0.717, 1.165) is 32.1 Å². The third-order valence-electron chi connectivity index (χ3n) is 2.98. The molecule has 0 radical (unpaired) electrons. The van der Waals surface area contributed by atoms with Gasteiger partial charge >= 0.3 is 0 Å². The molecule has 96 valence electrons. The lowest BCUT2D eigenvalue weighted by Gasteiger charge is -2.12. The Labute approximate surface area is 106 Å². The van der Waals surface area contributed by atoms with Gasteiger partial charge in [0.25, 0.3) is 0 Å². The molecular weight excluding hydrogens is 208 g/mol. The van der Waals surface area contributed by atoms with Crippen LogP contribution in [-0.2, 0) is 6.54 Å². The van der Waals surface area contributed by atoms with Crippen LogP contribution in [0.25, 0.3) is 0 Å². The summed E-state index contributed by atoms with van der Waals surface area (Å²) in [6.07, 6.45) is 0. The van der Waals surface area contributed by atoms with E-state index in [2.05, 4.69) is 56.5 Å². The fraction of sp³-hybridized carbons (Fsp3) is 0.600. The van der Waals surface area contributed by atoms with Crippen LogP contribution < -0.4 is 10.6 Å². The molecule has 0 bridgehead atoms. The van der Waals surface area contributed by atoms with Gasteiger partial charge in [-0.15, -0.1) is 0 Å². The van der Waals surface area contributed by atoms with Crippen molar-refractivity contribution in [2.75, 3.05) is 19.6 Å². The van der Waals surface area contributed by atoms with Gasteiger partial charge < -0.3 is 10.6 Å². The maximum Gasteiger partial charge on any atom is 0.0211 e. The molecule has 0 aliphatic rings. The quantitative estimate of drug-likeness (QED) is 0.709. The lowest BCUT2D eigenvalue weighted by atomic mass is 10.0. The Hall–Kier alpha value is -0.860. The lowest BCUT2D eigenvalue weighted by molar-refractivity contribution is 0.535. The molecule has 0 unspecified atom stereocenters. The molecule has 0 amide bonds. The minimum atomic E-state index is 0.730. The molecule has 1 rings (SSSR count). The van der Waals surface area contributed by atoms with Crippen molar-refractivity contribution in [1.29, 1.82) is 0 Å². The summed E-state index contributed by atoms with van der Waals surface area (Å²) in [6, 6.07) is 6.49. The smallest absolute Gasteiger partial charge is 0.0211 e. The van der Waals surface area contributed by atoms with Crippen LogP contribution in [0.4, 0.5) is 0 Å². The second-order valence-corrected chi connectivity index (χ2v) is 5.15. The first-order valence-corrected chi connectivity index (χ1v) is 6.57. The second kappa shape index (κ2) is 7.46. The first kappa shape index (κ1) is 14.2. The summed E-state index contributed by atoms with van der Waals surface area (Å²) < 4.78 is 0. The normalized spacial score (nSPS) is 11.1. The van der Waals surface area contributed by atoms with Crippen molar-refractivity contribution >= 4 is 0 Å². The van der Waals surface area contributed by atoms with Crippen molar-refractivity contribution < 1.29 is 0 Å². The zero-order valence-corrected chi connectivity index (χ0v) is 11.6. The van der Waals surface area contributed by atoms with Crippen molar-refractivity contribution in [1.82, 2.24) is 10.6 Å². The molecule has 0 aromatic heterocycles. The fourth-order valence-electron chi connectivity index (χ4n) is 1.91. The number of benzene rings is 1. The number of hydrogen-bond acceptors (Lipinski definition) is 2. The van der Waals surface area contributed by atoms with E-state index >= 15 is 0 Å². The van der Waals surface area contributed by atoms with Crippen LogP contribution >= 0.6 is 0 Å². The highest BCUT2D eigenvalue weighted by Gasteiger charge is 2.00. The molecular formula is C15H26N2. The number of aryl methyl sites for hydroxylation is 2. The van der Waals surface area contributed by atoms with E-state index in [0.29, 0.717) is 0 Å². The largest absolute Gasteiger partial charge is 0.315 e.